The number of rotatable bonds is 16. The molecule has 2 aliphatic rings. The molecule has 1 fully saturated rings. The second-order valence-corrected chi connectivity index (χ2v) is 9.26. The summed E-state index contributed by atoms with van der Waals surface area (Å²) in [7, 11) is 0. The van der Waals surface area contributed by atoms with Gasteiger partial charge in [0, 0.05) is 0 Å². The highest BCUT2D eigenvalue weighted by Gasteiger charge is 2.45. The number of unbranched alkanes of at least 4 members (excludes halogenated alkanes) is 11. The summed E-state index contributed by atoms with van der Waals surface area (Å²) in [4.78, 5) is 0. The lowest BCUT2D eigenvalue weighted by atomic mass is 9.70. The van der Waals surface area contributed by atoms with Gasteiger partial charge < -0.3 is 0 Å². The third kappa shape index (κ3) is 7.10. The van der Waals surface area contributed by atoms with E-state index in [1.54, 1.807) is 0 Å². The van der Waals surface area contributed by atoms with Gasteiger partial charge >= 0.3 is 0 Å². The van der Waals surface area contributed by atoms with Gasteiger partial charge in [0.05, 0.1) is 0 Å². The van der Waals surface area contributed by atoms with E-state index in [2.05, 4.69) is 26.0 Å². The predicted molar refractivity (Wildman–Crippen MR) is 113 cm³/mol. The summed E-state index contributed by atoms with van der Waals surface area (Å²) < 4.78 is 0. The minimum absolute atomic E-state index is 0.637. The van der Waals surface area contributed by atoms with Gasteiger partial charge in [0.2, 0.25) is 0 Å². The highest BCUT2D eigenvalue weighted by molar-refractivity contribution is 5.17. The van der Waals surface area contributed by atoms with E-state index in [-0.39, 0.29) is 0 Å². The van der Waals surface area contributed by atoms with Gasteiger partial charge in [-0.1, -0.05) is 109 Å². The molecule has 0 heteroatoms. The molecule has 2 rings (SSSR count). The molecule has 2 aliphatic carbocycles. The predicted octanol–water partition coefficient (Wildman–Crippen LogP) is 8.85. The summed E-state index contributed by atoms with van der Waals surface area (Å²) in [6.45, 7) is 4.67. The van der Waals surface area contributed by atoms with E-state index in [0.29, 0.717) is 5.41 Å². The molecule has 3 unspecified atom stereocenters. The molecule has 0 saturated heterocycles. The molecule has 0 N–H and O–H groups in total. The van der Waals surface area contributed by atoms with E-state index in [0.717, 1.165) is 11.8 Å². The SMILES string of the molecule is CCCCCCCCCCCCCC(CCCC)C12C=CC(CC1)C2. The zero-order chi connectivity index (χ0) is 17.8. The smallest absolute Gasteiger partial charge is 0.00841 e. The van der Waals surface area contributed by atoms with E-state index in [9.17, 15) is 0 Å². The van der Waals surface area contributed by atoms with Crippen molar-refractivity contribution in [1.82, 2.24) is 0 Å². The lowest BCUT2D eigenvalue weighted by Gasteiger charge is -2.34. The summed E-state index contributed by atoms with van der Waals surface area (Å²) in [5.74, 6) is 1.94. The molecule has 0 aliphatic heterocycles. The van der Waals surface area contributed by atoms with Crippen molar-refractivity contribution in [2.45, 2.75) is 129 Å². The number of hydrogen-bond donors (Lipinski definition) is 0. The first kappa shape index (κ1) is 21.0. The van der Waals surface area contributed by atoms with Crippen LogP contribution in [0.5, 0.6) is 0 Å². The van der Waals surface area contributed by atoms with Gasteiger partial charge in [-0.3, -0.25) is 0 Å². The Hall–Kier alpha value is -0.260. The van der Waals surface area contributed by atoms with Crippen LogP contribution in [0.4, 0.5) is 0 Å². The van der Waals surface area contributed by atoms with E-state index in [1.807, 2.05) is 0 Å². The molecule has 146 valence electrons. The highest BCUT2D eigenvalue weighted by atomic mass is 14.5. The lowest BCUT2D eigenvalue weighted by Crippen LogP contribution is -2.24. The first-order chi connectivity index (χ1) is 12.3. The number of fused-ring (bicyclic) bond motifs is 2. The molecule has 0 aromatic carbocycles. The van der Waals surface area contributed by atoms with Crippen LogP contribution in [0.3, 0.4) is 0 Å². The van der Waals surface area contributed by atoms with Gasteiger partial charge in [0.25, 0.3) is 0 Å². The van der Waals surface area contributed by atoms with Gasteiger partial charge in [-0.05, 0) is 49.4 Å². The number of hydrogen-bond acceptors (Lipinski definition) is 0. The molecule has 0 radical (unpaired) electrons. The normalized spacial score (nSPS) is 25.8. The topological polar surface area (TPSA) is 0 Å². The average molecular weight is 347 g/mol. The van der Waals surface area contributed by atoms with E-state index in [4.69, 9.17) is 0 Å². The third-order valence-electron chi connectivity index (χ3n) is 7.20. The second kappa shape index (κ2) is 12.2. The maximum atomic E-state index is 2.65. The Bertz CT molecular complexity index is 355. The minimum atomic E-state index is 0.637. The van der Waals surface area contributed by atoms with Crippen LogP contribution in [-0.4, -0.2) is 0 Å². The average Bonchev–Trinajstić information content (AvgIpc) is 3.24. The molecule has 1 saturated carbocycles. The van der Waals surface area contributed by atoms with Crippen LogP contribution in [0.25, 0.3) is 0 Å². The molecule has 0 spiro atoms. The molecule has 0 heterocycles. The molecule has 0 aromatic rings. The third-order valence-corrected chi connectivity index (χ3v) is 7.20. The summed E-state index contributed by atoms with van der Waals surface area (Å²) >= 11 is 0. The van der Waals surface area contributed by atoms with Gasteiger partial charge in [-0.25, -0.2) is 0 Å². The van der Waals surface area contributed by atoms with Crippen LogP contribution in [0.1, 0.15) is 129 Å². The van der Waals surface area contributed by atoms with Crippen LogP contribution < -0.4 is 0 Å². The Balaban J connectivity index is 1.52. The van der Waals surface area contributed by atoms with E-state index >= 15 is 0 Å². The van der Waals surface area contributed by atoms with Gasteiger partial charge in [-0.15, -0.1) is 0 Å². The largest absolute Gasteiger partial charge is 0.0848 e. The first-order valence-corrected chi connectivity index (χ1v) is 12.0. The van der Waals surface area contributed by atoms with Crippen LogP contribution in [-0.2, 0) is 0 Å². The summed E-state index contributed by atoms with van der Waals surface area (Å²) in [5, 5.41) is 0. The number of allylic oxidation sites excluding steroid dienone is 2. The van der Waals surface area contributed by atoms with E-state index in [1.165, 1.54) is 116 Å². The fourth-order valence-electron chi connectivity index (χ4n) is 5.52. The quantitative estimate of drug-likeness (QED) is 0.193. The molecule has 3 atom stereocenters. The van der Waals surface area contributed by atoms with Crippen molar-refractivity contribution in [3.8, 4) is 0 Å². The summed E-state index contributed by atoms with van der Waals surface area (Å²) in [5.41, 5.74) is 0.637. The molecule has 0 nitrogen and oxygen atoms in total. The van der Waals surface area contributed by atoms with Crippen molar-refractivity contribution in [1.29, 1.82) is 0 Å². The zero-order valence-electron chi connectivity index (χ0n) is 17.5. The first-order valence-electron chi connectivity index (χ1n) is 12.0. The van der Waals surface area contributed by atoms with E-state index < -0.39 is 0 Å². The van der Waals surface area contributed by atoms with Crippen LogP contribution in [0.15, 0.2) is 12.2 Å². The Kier molecular flexibility index (Phi) is 10.3. The highest BCUT2D eigenvalue weighted by Crippen LogP contribution is 2.56. The van der Waals surface area contributed by atoms with Crippen molar-refractivity contribution < 1.29 is 0 Å². The van der Waals surface area contributed by atoms with Crippen molar-refractivity contribution in [2.24, 2.45) is 17.3 Å². The Morgan fingerprint density at radius 2 is 1.32 bits per heavy atom. The van der Waals surface area contributed by atoms with Gasteiger partial charge in [0.1, 0.15) is 0 Å². The molecular formula is C25H46. The van der Waals surface area contributed by atoms with Gasteiger partial charge in [0.15, 0.2) is 0 Å². The van der Waals surface area contributed by atoms with Crippen molar-refractivity contribution in [2.75, 3.05) is 0 Å². The Morgan fingerprint density at radius 3 is 1.80 bits per heavy atom. The molecule has 0 amide bonds. The van der Waals surface area contributed by atoms with Crippen molar-refractivity contribution >= 4 is 0 Å². The minimum Gasteiger partial charge on any atom is -0.0848 e. The maximum absolute atomic E-state index is 2.65. The Morgan fingerprint density at radius 1 is 0.760 bits per heavy atom. The fourth-order valence-corrected chi connectivity index (χ4v) is 5.52. The lowest BCUT2D eigenvalue weighted by molar-refractivity contribution is 0.201. The molecule has 0 aromatic heterocycles. The monoisotopic (exact) mass is 346 g/mol. The van der Waals surface area contributed by atoms with Gasteiger partial charge in [-0.2, -0.15) is 0 Å². The Labute approximate surface area is 159 Å². The molecular weight excluding hydrogens is 300 g/mol. The van der Waals surface area contributed by atoms with Crippen LogP contribution in [0.2, 0.25) is 0 Å². The molecule has 2 bridgehead atoms. The standard InChI is InChI=1S/C25H46/c1-3-5-7-8-9-10-11-12-13-14-15-17-24(16-6-4-2)25-20-18-23(22-25)19-21-25/h18,20,23-24H,3-17,19,21-22H2,1-2H3. The summed E-state index contributed by atoms with van der Waals surface area (Å²) in [6.07, 6.45) is 31.7. The van der Waals surface area contributed by atoms with Crippen molar-refractivity contribution in [3.05, 3.63) is 12.2 Å². The molecule has 25 heavy (non-hydrogen) atoms. The van der Waals surface area contributed by atoms with Crippen molar-refractivity contribution in [3.63, 3.8) is 0 Å². The second-order valence-electron chi connectivity index (χ2n) is 9.26. The zero-order valence-corrected chi connectivity index (χ0v) is 17.5. The van der Waals surface area contributed by atoms with Crippen LogP contribution in [0, 0.1) is 17.3 Å². The van der Waals surface area contributed by atoms with Crippen LogP contribution >= 0.6 is 0 Å². The fraction of sp³-hybridized carbons (Fsp3) is 0.920. The maximum Gasteiger partial charge on any atom is -0.00841 e. The summed E-state index contributed by atoms with van der Waals surface area (Å²) in [6, 6.07) is 0.